The van der Waals surface area contributed by atoms with E-state index in [-0.39, 0.29) is 6.10 Å². The molecular formula is C8H16N4O. The molecule has 0 spiro atoms. The van der Waals surface area contributed by atoms with Crippen LogP contribution in [0.5, 0.6) is 0 Å². The zero-order valence-corrected chi connectivity index (χ0v) is 8.28. The minimum absolute atomic E-state index is 0.283. The Hall–Kier alpha value is -1.10. The number of aliphatic hydroxyl groups is 1. The average molecular weight is 184 g/mol. The molecule has 1 unspecified atom stereocenters. The van der Waals surface area contributed by atoms with E-state index in [1.165, 1.54) is 0 Å². The minimum Gasteiger partial charge on any atom is -0.393 e. The SMILES string of the molecule is CNc1nnc(CCC(C)O)n1C. The van der Waals surface area contributed by atoms with Crippen molar-refractivity contribution in [2.75, 3.05) is 12.4 Å². The van der Waals surface area contributed by atoms with Gasteiger partial charge in [0.2, 0.25) is 5.95 Å². The number of aryl methyl sites for hydroxylation is 1. The summed E-state index contributed by atoms with van der Waals surface area (Å²) in [6.07, 6.45) is 1.19. The molecule has 13 heavy (non-hydrogen) atoms. The van der Waals surface area contributed by atoms with Crippen molar-refractivity contribution >= 4 is 5.95 Å². The summed E-state index contributed by atoms with van der Waals surface area (Å²) in [6, 6.07) is 0. The van der Waals surface area contributed by atoms with Crippen LogP contribution in [0.2, 0.25) is 0 Å². The number of hydrogen-bond donors (Lipinski definition) is 2. The van der Waals surface area contributed by atoms with Gasteiger partial charge in [-0.05, 0) is 13.3 Å². The monoisotopic (exact) mass is 184 g/mol. The first-order valence-electron chi connectivity index (χ1n) is 4.39. The number of hydrogen-bond acceptors (Lipinski definition) is 4. The molecule has 1 heterocycles. The maximum absolute atomic E-state index is 9.10. The van der Waals surface area contributed by atoms with Gasteiger partial charge in [-0.2, -0.15) is 0 Å². The molecular weight excluding hydrogens is 168 g/mol. The number of nitrogens with zero attached hydrogens (tertiary/aromatic N) is 3. The zero-order chi connectivity index (χ0) is 9.84. The molecule has 0 radical (unpaired) electrons. The summed E-state index contributed by atoms with van der Waals surface area (Å²) < 4.78 is 1.89. The maximum atomic E-state index is 9.10. The van der Waals surface area contributed by atoms with Crippen molar-refractivity contribution in [1.29, 1.82) is 0 Å². The molecule has 0 aliphatic rings. The fourth-order valence-electron chi connectivity index (χ4n) is 1.13. The first-order chi connectivity index (χ1) is 6.15. The van der Waals surface area contributed by atoms with Gasteiger partial charge >= 0.3 is 0 Å². The van der Waals surface area contributed by atoms with Gasteiger partial charge in [-0.25, -0.2) is 0 Å². The second-order valence-electron chi connectivity index (χ2n) is 3.14. The summed E-state index contributed by atoms with van der Waals surface area (Å²) >= 11 is 0. The predicted octanol–water partition coefficient (Wildman–Crippen LogP) is 0.170. The molecule has 1 atom stereocenters. The largest absolute Gasteiger partial charge is 0.393 e. The lowest BCUT2D eigenvalue weighted by Gasteiger charge is -2.04. The molecule has 0 aliphatic heterocycles. The van der Waals surface area contributed by atoms with Crippen LogP contribution in [0.4, 0.5) is 5.95 Å². The molecule has 0 saturated heterocycles. The van der Waals surface area contributed by atoms with Gasteiger partial charge in [-0.3, -0.25) is 0 Å². The molecule has 5 heteroatoms. The summed E-state index contributed by atoms with van der Waals surface area (Å²) in [7, 11) is 3.71. The highest BCUT2D eigenvalue weighted by Crippen LogP contribution is 2.06. The van der Waals surface area contributed by atoms with Crippen molar-refractivity contribution in [3.63, 3.8) is 0 Å². The van der Waals surface area contributed by atoms with Gasteiger partial charge in [0, 0.05) is 20.5 Å². The Bertz CT molecular complexity index is 269. The predicted molar refractivity (Wildman–Crippen MR) is 50.6 cm³/mol. The molecule has 1 rings (SSSR count). The van der Waals surface area contributed by atoms with Crippen molar-refractivity contribution in [2.45, 2.75) is 25.9 Å². The Labute approximate surface area is 77.8 Å². The van der Waals surface area contributed by atoms with Crippen LogP contribution in [0, 0.1) is 0 Å². The van der Waals surface area contributed by atoms with E-state index in [1.54, 1.807) is 6.92 Å². The quantitative estimate of drug-likeness (QED) is 0.700. The standard InChI is InChI=1S/C8H16N4O/c1-6(13)4-5-7-10-11-8(9-2)12(7)3/h6,13H,4-5H2,1-3H3,(H,9,11). The van der Waals surface area contributed by atoms with E-state index in [1.807, 2.05) is 18.7 Å². The Balaban J connectivity index is 2.62. The highest BCUT2D eigenvalue weighted by molar-refractivity contribution is 5.23. The third-order valence-electron chi connectivity index (χ3n) is 1.97. The fourth-order valence-corrected chi connectivity index (χ4v) is 1.13. The number of nitrogens with one attached hydrogen (secondary N) is 1. The Kier molecular flexibility index (Phi) is 3.25. The van der Waals surface area contributed by atoms with Gasteiger partial charge in [-0.15, -0.1) is 10.2 Å². The molecule has 0 aromatic carbocycles. The van der Waals surface area contributed by atoms with Crippen LogP contribution in [0.25, 0.3) is 0 Å². The summed E-state index contributed by atoms with van der Waals surface area (Å²) in [5, 5.41) is 20.0. The van der Waals surface area contributed by atoms with Crippen LogP contribution in [0.1, 0.15) is 19.2 Å². The average Bonchev–Trinajstić information content (AvgIpc) is 2.43. The number of aromatic nitrogens is 3. The van der Waals surface area contributed by atoms with Gasteiger partial charge in [0.25, 0.3) is 0 Å². The second-order valence-corrected chi connectivity index (χ2v) is 3.14. The van der Waals surface area contributed by atoms with Crippen LogP contribution in [0.3, 0.4) is 0 Å². The Morgan fingerprint density at radius 2 is 2.23 bits per heavy atom. The van der Waals surface area contributed by atoms with Crippen LogP contribution in [-0.2, 0) is 13.5 Å². The van der Waals surface area contributed by atoms with Crippen molar-refractivity contribution in [1.82, 2.24) is 14.8 Å². The molecule has 1 aromatic heterocycles. The number of anilines is 1. The molecule has 0 amide bonds. The van der Waals surface area contributed by atoms with Gasteiger partial charge < -0.3 is 15.0 Å². The van der Waals surface area contributed by atoms with Crippen LogP contribution in [0.15, 0.2) is 0 Å². The Morgan fingerprint density at radius 3 is 2.69 bits per heavy atom. The van der Waals surface area contributed by atoms with Crippen LogP contribution >= 0.6 is 0 Å². The second kappa shape index (κ2) is 4.23. The normalized spacial score (nSPS) is 12.9. The lowest BCUT2D eigenvalue weighted by molar-refractivity contribution is 0.184. The summed E-state index contributed by atoms with van der Waals surface area (Å²) in [4.78, 5) is 0. The minimum atomic E-state index is -0.283. The van der Waals surface area contributed by atoms with Gasteiger partial charge in [0.1, 0.15) is 5.82 Å². The summed E-state index contributed by atoms with van der Waals surface area (Å²) in [5.41, 5.74) is 0. The van der Waals surface area contributed by atoms with Crippen molar-refractivity contribution in [3.8, 4) is 0 Å². The van der Waals surface area contributed by atoms with E-state index in [0.717, 1.165) is 24.6 Å². The summed E-state index contributed by atoms with van der Waals surface area (Å²) in [5.74, 6) is 1.64. The smallest absolute Gasteiger partial charge is 0.224 e. The highest BCUT2D eigenvalue weighted by Gasteiger charge is 2.07. The first kappa shape index (κ1) is 9.98. The maximum Gasteiger partial charge on any atom is 0.224 e. The molecule has 2 N–H and O–H groups in total. The number of rotatable bonds is 4. The Morgan fingerprint density at radius 1 is 1.54 bits per heavy atom. The van der Waals surface area contributed by atoms with Crippen molar-refractivity contribution < 1.29 is 5.11 Å². The van der Waals surface area contributed by atoms with Gasteiger partial charge in [0.05, 0.1) is 6.10 Å². The van der Waals surface area contributed by atoms with Gasteiger partial charge in [0.15, 0.2) is 0 Å². The van der Waals surface area contributed by atoms with E-state index in [9.17, 15) is 0 Å². The van der Waals surface area contributed by atoms with E-state index >= 15 is 0 Å². The number of aliphatic hydroxyl groups excluding tert-OH is 1. The van der Waals surface area contributed by atoms with E-state index in [0.29, 0.717) is 0 Å². The van der Waals surface area contributed by atoms with E-state index in [2.05, 4.69) is 15.5 Å². The third kappa shape index (κ3) is 2.42. The lowest BCUT2D eigenvalue weighted by atomic mass is 10.2. The molecule has 0 bridgehead atoms. The molecule has 74 valence electrons. The van der Waals surface area contributed by atoms with Gasteiger partial charge in [-0.1, -0.05) is 0 Å². The molecule has 5 nitrogen and oxygen atoms in total. The molecule has 0 saturated carbocycles. The summed E-state index contributed by atoms with van der Waals surface area (Å²) in [6.45, 7) is 1.77. The van der Waals surface area contributed by atoms with E-state index < -0.39 is 0 Å². The first-order valence-corrected chi connectivity index (χ1v) is 4.39. The molecule has 0 fully saturated rings. The molecule has 0 aliphatic carbocycles. The van der Waals surface area contributed by atoms with Crippen molar-refractivity contribution in [2.24, 2.45) is 7.05 Å². The van der Waals surface area contributed by atoms with Crippen molar-refractivity contribution in [3.05, 3.63) is 5.82 Å². The molecule has 1 aromatic rings. The lowest BCUT2D eigenvalue weighted by Crippen LogP contribution is -2.06. The third-order valence-corrected chi connectivity index (χ3v) is 1.97. The van der Waals surface area contributed by atoms with E-state index in [4.69, 9.17) is 5.11 Å². The highest BCUT2D eigenvalue weighted by atomic mass is 16.3. The fraction of sp³-hybridized carbons (Fsp3) is 0.750. The topological polar surface area (TPSA) is 63.0 Å². The zero-order valence-electron chi connectivity index (χ0n) is 8.28. The van der Waals surface area contributed by atoms with Crippen LogP contribution < -0.4 is 5.32 Å². The van der Waals surface area contributed by atoms with Crippen LogP contribution in [-0.4, -0.2) is 33.0 Å².